The van der Waals surface area contributed by atoms with E-state index in [1.165, 1.54) is 176 Å². The number of rotatable bonds is 12. The highest BCUT2D eigenvalue weighted by atomic mass is 16.3. The third-order valence-corrected chi connectivity index (χ3v) is 25.3. The molecule has 10 rings (SSSR count). The lowest BCUT2D eigenvalue weighted by atomic mass is 9.76. The molecular formula is C91H192N16O4. The van der Waals surface area contributed by atoms with Crippen molar-refractivity contribution in [3.05, 3.63) is 0 Å². The molecule has 10 aliphatic rings. The van der Waals surface area contributed by atoms with Gasteiger partial charge in [0.2, 0.25) is 5.91 Å². The molecule has 111 heavy (non-hydrogen) atoms. The summed E-state index contributed by atoms with van der Waals surface area (Å²) in [5, 5.41) is 21.4. The van der Waals surface area contributed by atoms with Crippen molar-refractivity contribution in [2.75, 3.05) is 252 Å². The van der Waals surface area contributed by atoms with Gasteiger partial charge in [-0.1, -0.05) is 55.4 Å². The summed E-state index contributed by atoms with van der Waals surface area (Å²) in [5.74, 6) is 1.80. The molecule has 0 saturated carbocycles. The van der Waals surface area contributed by atoms with E-state index in [2.05, 4.69) is 241 Å². The Hall–Kier alpha value is -1.54. The van der Waals surface area contributed by atoms with Crippen LogP contribution >= 0.6 is 0 Å². The van der Waals surface area contributed by atoms with Crippen LogP contribution in [0.25, 0.3) is 0 Å². The van der Waals surface area contributed by atoms with Crippen LogP contribution in [0.2, 0.25) is 0 Å². The van der Waals surface area contributed by atoms with Crippen LogP contribution in [0, 0.1) is 22.7 Å². The maximum atomic E-state index is 11.8. The Morgan fingerprint density at radius 2 is 0.811 bits per heavy atom. The van der Waals surface area contributed by atoms with Gasteiger partial charge in [0, 0.05) is 221 Å². The summed E-state index contributed by atoms with van der Waals surface area (Å²) in [6.07, 6.45) is 16.0. The molecule has 20 nitrogen and oxygen atoms in total. The van der Waals surface area contributed by atoms with Gasteiger partial charge in [-0.3, -0.25) is 43.9 Å². The normalized spacial score (nSPS) is 23.3. The van der Waals surface area contributed by atoms with Gasteiger partial charge in [0.1, 0.15) is 5.78 Å². The standard InChI is InChI=1S/C13H27N3.C13H26N2.C10H20N2O.C10H22N2O.2C9H20N2.2C9H19NO.C9H19N/c1-12(2)15-6-4-13(5-7-15)16-10-8-14(3)9-11-16;1-13(2,3)15-10-6-12(7-11-15)14-8-4-5-9-14;1-10(2,3)9(13)12-7-5-11(4)6-8-12;1-10(2,3)12-6-4-11(5-7-12)8-9-13;1-9(2,3)11-7-5-10(4)6-8-11;1-8(2)11-6-5-9(7-11)10(3)4;1-9(2,3)10-6-4-8(11)5-7-10;1-8(2)9(11)6-5-7-10(3)4;1-9(2,3)8-4-6-10-7-5-8/h12-13H,4-11H2,1-3H3;12H,4-11H2,1-3H3;5-8H2,1-4H3;13H,4-9H2,1-3H3;5-8H2,1-4H3;8-9H,5-7H2,1-4H3;8,11H,4-7H2,1-3H3;8H,5-7H2,1-4H3;8,10H,4-7H2,1-3H3. The number of likely N-dealkylation sites (N-methyl/N-ethyl adjacent to an activating group) is 4. The molecule has 0 aliphatic carbocycles. The number of nitrogens with one attached hydrogen (secondary N) is 1. The monoisotopic (exact) mass is 1570 g/mol. The predicted molar refractivity (Wildman–Crippen MR) is 479 cm³/mol. The quantitative estimate of drug-likeness (QED) is 0.171. The second-order valence-corrected chi connectivity index (χ2v) is 42.2. The van der Waals surface area contributed by atoms with Crippen molar-refractivity contribution >= 4 is 11.7 Å². The Labute approximate surface area is 689 Å². The second-order valence-electron chi connectivity index (χ2n) is 42.2. The summed E-state index contributed by atoms with van der Waals surface area (Å²) >= 11 is 0. The van der Waals surface area contributed by atoms with E-state index >= 15 is 0 Å². The Bertz CT molecular complexity index is 2280. The molecule has 0 aromatic rings. The number of likely N-dealkylation sites (tertiary alicyclic amines) is 5. The fourth-order valence-electron chi connectivity index (χ4n) is 16.4. The van der Waals surface area contributed by atoms with Crippen molar-refractivity contribution in [2.45, 2.75) is 308 Å². The summed E-state index contributed by atoms with van der Waals surface area (Å²) in [4.78, 5) is 59.5. The van der Waals surface area contributed by atoms with E-state index in [0.29, 0.717) is 27.8 Å². The zero-order valence-electron chi connectivity index (χ0n) is 79.7. The average molecular weight is 1570 g/mol. The summed E-state index contributed by atoms with van der Waals surface area (Å²) in [7, 11) is 14.9. The van der Waals surface area contributed by atoms with Gasteiger partial charge >= 0.3 is 0 Å². The Balaban J connectivity index is 0.000000426. The highest BCUT2D eigenvalue weighted by Crippen LogP contribution is 2.33. The highest BCUT2D eigenvalue weighted by Gasteiger charge is 2.34. The first-order valence-corrected chi connectivity index (χ1v) is 45.3. The molecule has 10 saturated heterocycles. The molecule has 1 atom stereocenters. The molecule has 0 radical (unpaired) electrons. The number of amides is 1. The second kappa shape index (κ2) is 52.5. The zero-order valence-corrected chi connectivity index (χ0v) is 79.7. The fourth-order valence-corrected chi connectivity index (χ4v) is 16.4. The first kappa shape index (κ1) is 106. The maximum absolute atomic E-state index is 11.8. The molecule has 3 N–H and O–H groups in total. The van der Waals surface area contributed by atoms with Crippen molar-refractivity contribution in [3.8, 4) is 0 Å². The number of piperidine rings is 4. The lowest BCUT2D eigenvalue weighted by molar-refractivity contribution is -0.141. The van der Waals surface area contributed by atoms with Crippen molar-refractivity contribution in [1.82, 2.24) is 78.8 Å². The molecule has 0 bridgehead atoms. The Morgan fingerprint density at radius 1 is 0.441 bits per heavy atom. The number of Topliss-reactive ketones (excluding diaryl/α,β-unsaturated/α-hetero) is 1. The number of piperazine rings is 4. The minimum Gasteiger partial charge on any atom is -0.395 e. The highest BCUT2D eigenvalue weighted by molar-refractivity contribution is 5.81. The van der Waals surface area contributed by atoms with Gasteiger partial charge in [0.05, 0.1) is 12.7 Å². The van der Waals surface area contributed by atoms with E-state index in [1.54, 1.807) is 0 Å². The lowest BCUT2D eigenvalue weighted by Gasteiger charge is -2.43. The van der Waals surface area contributed by atoms with Crippen LogP contribution in [0.15, 0.2) is 0 Å². The number of nitrogens with zero attached hydrogens (tertiary/aromatic N) is 15. The van der Waals surface area contributed by atoms with E-state index in [-0.39, 0.29) is 35.5 Å². The third-order valence-electron chi connectivity index (χ3n) is 25.3. The molecule has 10 aliphatic heterocycles. The van der Waals surface area contributed by atoms with Crippen LogP contribution in [-0.4, -0.2) is 406 Å². The molecule has 20 heteroatoms. The van der Waals surface area contributed by atoms with Crippen LogP contribution in [0.3, 0.4) is 0 Å². The number of aliphatic hydroxyl groups is 2. The first-order chi connectivity index (χ1) is 51.4. The van der Waals surface area contributed by atoms with E-state index in [9.17, 15) is 14.7 Å². The predicted octanol–water partition coefficient (Wildman–Crippen LogP) is 11.5. The topological polar surface area (TPSA) is 135 Å². The molecule has 1 unspecified atom stereocenters. The van der Waals surface area contributed by atoms with E-state index < -0.39 is 0 Å². The lowest BCUT2D eigenvalue weighted by Crippen LogP contribution is -2.53. The van der Waals surface area contributed by atoms with E-state index in [1.807, 2.05) is 53.6 Å². The molecule has 0 aromatic heterocycles. The Kier molecular flexibility index (Phi) is 49.9. The SMILES string of the molecule is CC(C)(C)C1CCNCC1.CC(C)(C)N1CCC(N2CCCC2)CC1.CC(C)(C)N1CCC(O)CC1.CC(C)(C)N1CCN(CCO)CC1.CC(C)C(=O)CCCN(C)C.CC(C)N1CCC(N(C)C)C1.CC(C)N1CCC(N2CCN(C)CC2)CC1.CN1CCN(C(=O)C(C)(C)C)CC1.CN1CCN(C(C)(C)C)CC1. The molecule has 0 spiro atoms. The first-order valence-electron chi connectivity index (χ1n) is 45.3. The van der Waals surface area contributed by atoms with E-state index in [0.717, 1.165) is 140 Å². The van der Waals surface area contributed by atoms with Gasteiger partial charge in [0.15, 0.2) is 0 Å². The van der Waals surface area contributed by atoms with Crippen LogP contribution in [-0.2, 0) is 9.59 Å². The molecule has 10 heterocycles. The molecule has 10 fully saturated rings. The van der Waals surface area contributed by atoms with Gasteiger partial charge in [-0.2, -0.15) is 0 Å². The van der Waals surface area contributed by atoms with Crippen LogP contribution in [0.5, 0.6) is 0 Å². The van der Waals surface area contributed by atoms with Crippen LogP contribution in [0.4, 0.5) is 0 Å². The van der Waals surface area contributed by atoms with Gasteiger partial charge in [0.25, 0.3) is 0 Å². The molecule has 0 aromatic carbocycles. The number of carbonyl (C=O) groups excluding carboxylic acids is 2. The molecule has 660 valence electrons. The van der Waals surface area contributed by atoms with Gasteiger partial charge in [-0.25, -0.2) is 0 Å². The van der Waals surface area contributed by atoms with Crippen molar-refractivity contribution in [2.24, 2.45) is 22.7 Å². The number of hydrogen-bond donors (Lipinski definition) is 3. The minimum atomic E-state index is -0.226. The smallest absolute Gasteiger partial charge is 0.228 e. The van der Waals surface area contributed by atoms with Crippen LogP contribution in [0.1, 0.15) is 250 Å². The minimum absolute atomic E-state index is 0.0476. The number of hydrogen-bond acceptors (Lipinski definition) is 19. The average Bonchev–Trinajstić information content (AvgIpc) is 1.23. The summed E-state index contributed by atoms with van der Waals surface area (Å²) in [5.41, 5.74) is 1.61. The van der Waals surface area contributed by atoms with Gasteiger partial charge in [-0.15, -0.1) is 0 Å². The number of aliphatic hydroxyl groups excluding tert-OH is 2. The largest absolute Gasteiger partial charge is 0.395 e. The molecular weight excluding hydrogens is 1380 g/mol. The summed E-state index contributed by atoms with van der Waals surface area (Å²) in [6.45, 7) is 88.7. The molecule has 1 amide bonds. The van der Waals surface area contributed by atoms with Crippen LogP contribution < -0.4 is 5.32 Å². The zero-order chi connectivity index (χ0) is 84.3. The Morgan fingerprint density at radius 3 is 1.15 bits per heavy atom. The summed E-state index contributed by atoms with van der Waals surface area (Å²) < 4.78 is 0. The summed E-state index contributed by atoms with van der Waals surface area (Å²) in [6, 6.07) is 4.00. The van der Waals surface area contributed by atoms with Crippen molar-refractivity contribution in [3.63, 3.8) is 0 Å². The van der Waals surface area contributed by atoms with E-state index in [4.69, 9.17) is 5.11 Å². The van der Waals surface area contributed by atoms with Gasteiger partial charge in [-0.05, 0) is 294 Å². The van der Waals surface area contributed by atoms with Gasteiger partial charge < -0.3 is 54.7 Å². The van der Waals surface area contributed by atoms with Crippen molar-refractivity contribution < 1.29 is 19.8 Å². The fraction of sp³-hybridized carbons (Fsp3) is 0.978. The third kappa shape index (κ3) is 44.9. The number of carbonyl (C=O) groups is 2. The maximum Gasteiger partial charge on any atom is 0.228 e. The van der Waals surface area contributed by atoms with Crippen molar-refractivity contribution in [1.29, 1.82) is 0 Å². The number of β-amino-alcohol motifs (C(OH)–C–C–N with tert-alkyl or cyclic N) is 1. The number of ketones is 1.